The van der Waals surface area contributed by atoms with Crippen LogP contribution in [0.15, 0.2) is 65.6 Å². The molecule has 4 rings (SSSR count). The Balaban J connectivity index is 1.33. The van der Waals surface area contributed by atoms with Crippen LogP contribution in [0.2, 0.25) is 10.0 Å². The molecule has 1 aliphatic rings. The zero-order chi connectivity index (χ0) is 28.4. The molecule has 0 atom stereocenters. The number of nitrogens with one attached hydrogen (secondary N) is 2. The molecule has 39 heavy (non-hydrogen) atoms. The zero-order valence-corrected chi connectivity index (χ0v) is 24.6. The van der Waals surface area contributed by atoms with Crippen molar-refractivity contribution in [1.82, 2.24) is 4.31 Å². The van der Waals surface area contributed by atoms with Crippen molar-refractivity contribution >= 4 is 60.5 Å². The lowest BCUT2D eigenvalue weighted by Crippen LogP contribution is -2.41. The summed E-state index contributed by atoms with van der Waals surface area (Å²) in [5, 5.41) is 3.53. The normalized spacial score (nSPS) is 15.2. The highest BCUT2D eigenvalue weighted by Crippen LogP contribution is 2.27. The molecular formula is C27H29Cl2N3O5S2. The van der Waals surface area contributed by atoms with E-state index in [4.69, 9.17) is 23.2 Å². The fourth-order valence-electron chi connectivity index (χ4n) is 4.42. The molecule has 3 aromatic rings. The summed E-state index contributed by atoms with van der Waals surface area (Å²) in [4.78, 5) is 12.9. The van der Waals surface area contributed by atoms with E-state index in [1.807, 2.05) is 26.0 Å². The topological polar surface area (TPSA) is 113 Å². The lowest BCUT2D eigenvalue weighted by atomic mass is 9.97. The number of carbonyl (C=O) groups is 1. The van der Waals surface area contributed by atoms with E-state index in [-0.39, 0.29) is 35.6 Å². The lowest BCUT2D eigenvalue weighted by molar-refractivity contribution is -0.120. The van der Waals surface area contributed by atoms with Gasteiger partial charge in [-0.05, 0) is 80.3 Å². The predicted molar refractivity (Wildman–Crippen MR) is 155 cm³/mol. The molecular weight excluding hydrogens is 581 g/mol. The van der Waals surface area contributed by atoms with Gasteiger partial charge in [-0.1, -0.05) is 47.0 Å². The Hall–Kier alpha value is -2.63. The number of halogens is 2. The van der Waals surface area contributed by atoms with Crippen molar-refractivity contribution in [3.05, 3.63) is 87.4 Å². The number of benzene rings is 3. The summed E-state index contributed by atoms with van der Waals surface area (Å²) < 4.78 is 55.4. The van der Waals surface area contributed by atoms with E-state index >= 15 is 0 Å². The van der Waals surface area contributed by atoms with Crippen LogP contribution in [0.1, 0.15) is 29.5 Å². The van der Waals surface area contributed by atoms with Gasteiger partial charge in [-0.2, -0.15) is 0 Å². The summed E-state index contributed by atoms with van der Waals surface area (Å²) >= 11 is 12.0. The molecule has 12 heteroatoms. The highest BCUT2D eigenvalue weighted by atomic mass is 35.5. The molecule has 0 radical (unpaired) electrons. The molecule has 1 amide bonds. The number of anilines is 2. The van der Waals surface area contributed by atoms with E-state index in [1.54, 1.807) is 18.2 Å². The number of sulfonamides is 2. The van der Waals surface area contributed by atoms with E-state index in [2.05, 4.69) is 10.0 Å². The highest BCUT2D eigenvalue weighted by Gasteiger charge is 2.31. The van der Waals surface area contributed by atoms with Crippen molar-refractivity contribution in [2.75, 3.05) is 23.1 Å². The molecule has 2 N–H and O–H groups in total. The Morgan fingerprint density at radius 2 is 1.59 bits per heavy atom. The molecule has 0 aromatic heterocycles. The highest BCUT2D eigenvalue weighted by molar-refractivity contribution is 7.92. The van der Waals surface area contributed by atoms with E-state index in [1.165, 1.54) is 34.6 Å². The van der Waals surface area contributed by atoms with Crippen molar-refractivity contribution < 1.29 is 21.6 Å². The molecule has 1 heterocycles. The maximum absolute atomic E-state index is 12.9. The zero-order valence-electron chi connectivity index (χ0n) is 21.4. The second kappa shape index (κ2) is 11.9. The first kappa shape index (κ1) is 29.4. The number of hydrogen-bond acceptors (Lipinski definition) is 5. The maximum atomic E-state index is 12.9. The summed E-state index contributed by atoms with van der Waals surface area (Å²) in [6, 6.07) is 16.1. The van der Waals surface area contributed by atoms with Gasteiger partial charge in [0, 0.05) is 34.7 Å². The number of aryl methyl sites for hydroxylation is 2. The van der Waals surface area contributed by atoms with Gasteiger partial charge in [0.15, 0.2) is 0 Å². The van der Waals surface area contributed by atoms with Gasteiger partial charge < -0.3 is 5.32 Å². The summed E-state index contributed by atoms with van der Waals surface area (Å²) in [6.45, 7) is 4.20. The molecule has 0 spiro atoms. The van der Waals surface area contributed by atoms with E-state index in [0.29, 0.717) is 39.8 Å². The van der Waals surface area contributed by atoms with Gasteiger partial charge in [0.25, 0.3) is 10.0 Å². The first-order chi connectivity index (χ1) is 18.3. The van der Waals surface area contributed by atoms with Crippen molar-refractivity contribution in [3.8, 4) is 0 Å². The molecule has 0 unspecified atom stereocenters. The number of amides is 1. The van der Waals surface area contributed by atoms with Gasteiger partial charge in [-0.3, -0.25) is 9.52 Å². The quantitative estimate of drug-likeness (QED) is 0.345. The van der Waals surface area contributed by atoms with Gasteiger partial charge in [0.2, 0.25) is 15.9 Å². The van der Waals surface area contributed by atoms with Crippen LogP contribution in [0.5, 0.6) is 0 Å². The molecule has 1 fully saturated rings. The Morgan fingerprint density at radius 1 is 0.923 bits per heavy atom. The Labute approximate surface area is 239 Å². The van der Waals surface area contributed by atoms with Crippen LogP contribution < -0.4 is 10.0 Å². The van der Waals surface area contributed by atoms with E-state index < -0.39 is 20.0 Å². The van der Waals surface area contributed by atoms with Gasteiger partial charge in [-0.15, -0.1) is 0 Å². The second-order valence-corrected chi connectivity index (χ2v) is 14.1. The summed E-state index contributed by atoms with van der Waals surface area (Å²) in [5.41, 5.74) is 3.27. The minimum absolute atomic E-state index is 0.0692. The average molecular weight is 611 g/mol. The molecule has 1 saturated heterocycles. The maximum Gasteiger partial charge on any atom is 0.261 e. The molecule has 0 bridgehead atoms. The molecule has 0 saturated carbocycles. The fraction of sp³-hybridized carbons (Fsp3) is 0.296. The summed E-state index contributed by atoms with van der Waals surface area (Å²) in [5.74, 6) is -0.852. The van der Waals surface area contributed by atoms with E-state index in [0.717, 1.165) is 11.1 Å². The van der Waals surface area contributed by atoms with Gasteiger partial charge >= 0.3 is 0 Å². The fourth-order valence-corrected chi connectivity index (χ4v) is 7.70. The molecule has 1 aliphatic heterocycles. The van der Waals surface area contributed by atoms with Crippen LogP contribution in [-0.2, 0) is 30.6 Å². The van der Waals surface area contributed by atoms with E-state index in [9.17, 15) is 21.6 Å². The summed E-state index contributed by atoms with van der Waals surface area (Å²) in [6.07, 6.45) is 0.734. The van der Waals surface area contributed by atoms with Crippen molar-refractivity contribution in [2.45, 2.75) is 37.3 Å². The third-order valence-corrected chi connectivity index (χ3v) is 10.4. The molecule has 8 nitrogen and oxygen atoms in total. The molecule has 0 aliphatic carbocycles. The third kappa shape index (κ3) is 7.32. The van der Waals surface area contributed by atoms with Crippen LogP contribution in [-0.4, -0.2) is 40.1 Å². The van der Waals surface area contributed by atoms with Crippen molar-refractivity contribution in [2.24, 2.45) is 5.92 Å². The summed E-state index contributed by atoms with van der Waals surface area (Å²) in [7, 11) is -7.42. The first-order valence-corrected chi connectivity index (χ1v) is 16.1. The van der Waals surface area contributed by atoms with Crippen LogP contribution in [0.3, 0.4) is 0 Å². The molecule has 208 valence electrons. The number of carbonyl (C=O) groups excluding carboxylic acids is 1. The van der Waals surface area contributed by atoms with Crippen molar-refractivity contribution in [3.63, 3.8) is 0 Å². The second-order valence-electron chi connectivity index (χ2n) is 9.60. The number of hydrogen-bond donors (Lipinski definition) is 2. The largest absolute Gasteiger partial charge is 0.326 e. The molecule has 3 aromatic carbocycles. The van der Waals surface area contributed by atoms with Crippen LogP contribution in [0.4, 0.5) is 11.4 Å². The third-order valence-electron chi connectivity index (χ3n) is 6.63. The average Bonchev–Trinajstić information content (AvgIpc) is 2.88. The number of piperidine rings is 1. The standard InChI is InChI=1S/C27H29Cl2N3O5S2/c1-18-3-10-26(19(2)15-18)31-39(36,37)24-8-6-23(7-9-24)30-27(33)20-11-13-32(14-12-20)38(34,35)17-21-4-5-22(28)16-25(21)29/h3-10,15-16,20,31H,11-14,17H2,1-2H3,(H,30,33). The Kier molecular flexibility index (Phi) is 8.92. The van der Waals surface area contributed by atoms with Crippen LogP contribution >= 0.6 is 23.2 Å². The van der Waals surface area contributed by atoms with Gasteiger partial charge in [0.1, 0.15) is 0 Å². The predicted octanol–water partition coefficient (Wildman–Crippen LogP) is 5.59. The van der Waals surface area contributed by atoms with Crippen LogP contribution in [0.25, 0.3) is 0 Å². The smallest absolute Gasteiger partial charge is 0.261 e. The van der Waals surface area contributed by atoms with Gasteiger partial charge in [0.05, 0.1) is 16.3 Å². The van der Waals surface area contributed by atoms with Crippen LogP contribution in [0, 0.1) is 19.8 Å². The van der Waals surface area contributed by atoms with Gasteiger partial charge in [-0.25, -0.2) is 21.1 Å². The minimum Gasteiger partial charge on any atom is -0.326 e. The number of rotatable bonds is 8. The first-order valence-electron chi connectivity index (χ1n) is 12.3. The van der Waals surface area contributed by atoms with Crippen molar-refractivity contribution in [1.29, 1.82) is 0 Å². The Morgan fingerprint density at radius 3 is 2.21 bits per heavy atom. The minimum atomic E-state index is -3.80. The SMILES string of the molecule is Cc1ccc(NS(=O)(=O)c2ccc(NC(=O)C3CCN(S(=O)(=O)Cc4ccc(Cl)cc4Cl)CC3)cc2)c(C)c1. The Bertz CT molecular complexity index is 1590. The number of nitrogens with zero attached hydrogens (tertiary/aromatic N) is 1. The monoisotopic (exact) mass is 609 g/mol. The lowest BCUT2D eigenvalue weighted by Gasteiger charge is -2.30.